The minimum absolute atomic E-state index is 0.0318. The van der Waals surface area contributed by atoms with E-state index in [1.165, 1.54) is 11.3 Å². The second-order valence-electron chi connectivity index (χ2n) is 4.22. The smallest absolute Gasteiger partial charge is 0.296 e. The molecule has 6 nitrogen and oxygen atoms in total. The number of oxazole rings is 1. The molecule has 0 spiro atoms. The lowest BCUT2D eigenvalue weighted by Gasteiger charge is -2.28. The molecule has 6 heteroatoms. The minimum Gasteiger partial charge on any atom is -0.438 e. The average Bonchev–Trinajstić information content (AvgIpc) is 2.83. The van der Waals surface area contributed by atoms with Crippen molar-refractivity contribution in [3.05, 3.63) is 42.1 Å². The Morgan fingerprint density at radius 3 is 2.95 bits per heavy atom. The normalized spacial score (nSPS) is 13.9. The number of benzene rings is 1. The van der Waals surface area contributed by atoms with Gasteiger partial charge in [-0.15, -0.1) is 0 Å². The van der Waals surface area contributed by atoms with Crippen LogP contribution >= 0.6 is 0 Å². The van der Waals surface area contributed by atoms with Gasteiger partial charge in [-0.05, 0) is 19.1 Å². The van der Waals surface area contributed by atoms with Crippen molar-refractivity contribution >= 4 is 23.2 Å². The van der Waals surface area contributed by atoms with Crippen LogP contribution in [0.4, 0.5) is 11.4 Å². The number of anilines is 2. The molecule has 2 amide bonds. The maximum atomic E-state index is 12.4. The van der Waals surface area contributed by atoms with E-state index >= 15 is 0 Å². The molecule has 0 bridgehead atoms. The molecule has 19 heavy (non-hydrogen) atoms. The number of hydrogen-bond acceptors (Lipinski definition) is 4. The summed E-state index contributed by atoms with van der Waals surface area (Å²) >= 11 is 0. The van der Waals surface area contributed by atoms with Crippen LogP contribution in [0.5, 0.6) is 0 Å². The van der Waals surface area contributed by atoms with Gasteiger partial charge in [0.1, 0.15) is 6.54 Å². The zero-order valence-corrected chi connectivity index (χ0v) is 10.2. The van der Waals surface area contributed by atoms with Gasteiger partial charge in [0.05, 0.1) is 17.1 Å². The maximum absolute atomic E-state index is 12.4. The zero-order chi connectivity index (χ0) is 13.4. The fraction of sp³-hybridized carbons (Fsp3) is 0.154. The van der Waals surface area contributed by atoms with Gasteiger partial charge in [-0.3, -0.25) is 14.5 Å². The van der Waals surface area contributed by atoms with Crippen LogP contribution in [-0.4, -0.2) is 23.3 Å². The van der Waals surface area contributed by atoms with Gasteiger partial charge in [-0.1, -0.05) is 12.1 Å². The van der Waals surface area contributed by atoms with Crippen molar-refractivity contribution in [2.24, 2.45) is 0 Å². The van der Waals surface area contributed by atoms with Gasteiger partial charge in [0, 0.05) is 0 Å². The highest BCUT2D eigenvalue weighted by Crippen LogP contribution is 2.30. The number of nitrogens with one attached hydrogen (secondary N) is 1. The van der Waals surface area contributed by atoms with E-state index in [2.05, 4.69) is 10.3 Å². The Bertz CT molecular complexity index is 663. The van der Waals surface area contributed by atoms with Gasteiger partial charge >= 0.3 is 0 Å². The molecule has 1 N–H and O–H groups in total. The van der Waals surface area contributed by atoms with Crippen LogP contribution in [0.3, 0.4) is 0 Å². The van der Waals surface area contributed by atoms with Crippen molar-refractivity contribution in [3.63, 3.8) is 0 Å². The largest absolute Gasteiger partial charge is 0.438 e. The molecule has 0 radical (unpaired) electrons. The van der Waals surface area contributed by atoms with Crippen molar-refractivity contribution in [2.45, 2.75) is 6.92 Å². The first-order chi connectivity index (χ1) is 9.16. The third-order valence-electron chi connectivity index (χ3n) is 2.96. The zero-order valence-electron chi connectivity index (χ0n) is 10.2. The number of fused-ring (bicyclic) bond motifs is 1. The molecule has 3 rings (SSSR count). The fourth-order valence-corrected chi connectivity index (χ4v) is 2.04. The Labute approximate surface area is 109 Å². The molecule has 96 valence electrons. The van der Waals surface area contributed by atoms with E-state index in [0.717, 1.165) is 0 Å². The fourth-order valence-electron chi connectivity index (χ4n) is 2.04. The monoisotopic (exact) mass is 257 g/mol. The molecule has 1 aromatic carbocycles. The van der Waals surface area contributed by atoms with Gasteiger partial charge in [-0.2, -0.15) is 0 Å². The first-order valence-corrected chi connectivity index (χ1v) is 5.77. The lowest BCUT2D eigenvalue weighted by atomic mass is 10.1. The molecule has 0 aliphatic carbocycles. The van der Waals surface area contributed by atoms with Crippen molar-refractivity contribution < 1.29 is 14.0 Å². The Balaban J connectivity index is 2.04. The van der Waals surface area contributed by atoms with Gasteiger partial charge in [0.15, 0.2) is 6.39 Å². The lowest BCUT2D eigenvalue weighted by Crippen LogP contribution is -2.42. The molecule has 1 aliphatic rings. The number of nitrogens with zero attached hydrogens (tertiary/aromatic N) is 2. The van der Waals surface area contributed by atoms with Crippen molar-refractivity contribution in [3.8, 4) is 0 Å². The highest BCUT2D eigenvalue weighted by molar-refractivity contribution is 6.14. The Hall–Kier alpha value is -2.63. The highest BCUT2D eigenvalue weighted by Gasteiger charge is 2.30. The standard InChI is InChI=1S/C13H11N3O3/c1-8-12(19-7-14-8)13(18)16-6-11(17)15-9-4-2-3-5-10(9)16/h2-5,7H,6H2,1H3,(H,15,17). The molecule has 0 atom stereocenters. The van der Waals surface area contributed by atoms with E-state index in [1.54, 1.807) is 25.1 Å². The van der Waals surface area contributed by atoms with Gasteiger partial charge in [-0.25, -0.2) is 4.98 Å². The summed E-state index contributed by atoms with van der Waals surface area (Å²) in [5.74, 6) is -0.439. The van der Waals surface area contributed by atoms with E-state index < -0.39 is 0 Å². The molecule has 2 heterocycles. The van der Waals surface area contributed by atoms with E-state index in [1.807, 2.05) is 6.07 Å². The highest BCUT2D eigenvalue weighted by atomic mass is 16.3. The van der Waals surface area contributed by atoms with Crippen LogP contribution in [0.25, 0.3) is 0 Å². The number of carbonyl (C=O) groups excluding carboxylic acids is 2. The first-order valence-electron chi connectivity index (χ1n) is 5.77. The number of amides is 2. The van der Waals surface area contributed by atoms with Crippen LogP contribution in [0.2, 0.25) is 0 Å². The summed E-state index contributed by atoms with van der Waals surface area (Å²) in [7, 11) is 0. The number of hydrogen-bond donors (Lipinski definition) is 1. The number of aryl methyl sites for hydroxylation is 1. The number of carbonyl (C=O) groups is 2. The maximum Gasteiger partial charge on any atom is 0.296 e. The van der Waals surface area contributed by atoms with Crippen LogP contribution < -0.4 is 10.2 Å². The average molecular weight is 257 g/mol. The summed E-state index contributed by atoms with van der Waals surface area (Å²) in [6.45, 7) is 1.66. The summed E-state index contributed by atoms with van der Waals surface area (Å²) in [6.07, 6.45) is 1.22. The predicted octanol–water partition coefficient (Wildman–Crippen LogP) is 1.58. The molecule has 0 fully saturated rings. The Kier molecular flexibility index (Phi) is 2.56. The molecule has 1 aliphatic heterocycles. The molecule has 2 aromatic rings. The van der Waals surface area contributed by atoms with E-state index in [9.17, 15) is 9.59 Å². The van der Waals surface area contributed by atoms with Crippen molar-refractivity contribution in [1.82, 2.24) is 4.98 Å². The third-order valence-corrected chi connectivity index (χ3v) is 2.96. The van der Waals surface area contributed by atoms with Crippen LogP contribution in [0.1, 0.15) is 16.2 Å². The molecule has 0 saturated carbocycles. The number of para-hydroxylation sites is 2. The van der Waals surface area contributed by atoms with E-state index in [-0.39, 0.29) is 24.1 Å². The Morgan fingerprint density at radius 1 is 1.42 bits per heavy atom. The van der Waals surface area contributed by atoms with Gasteiger partial charge < -0.3 is 9.73 Å². The molecule has 1 aromatic heterocycles. The van der Waals surface area contributed by atoms with Crippen molar-refractivity contribution in [1.29, 1.82) is 0 Å². The molecular formula is C13H11N3O3. The summed E-state index contributed by atoms with van der Waals surface area (Å²) < 4.78 is 5.10. The van der Waals surface area contributed by atoms with Gasteiger partial charge in [0.2, 0.25) is 11.7 Å². The number of rotatable bonds is 1. The lowest BCUT2D eigenvalue weighted by molar-refractivity contribution is -0.115. The summed E-state index contributed by atoms with van der Waals surface area (Å²) in [5, 5.41) is 2.73. The first kappa shape index (κ1) is 11.5. The SMILES string of the molecule is Cc1ncoc1C(=O)N1CC(=O)Nc2ccccc21. The quantitative estimate of drug-likeness (QED) is 0.841. The van der Waals surface area contributed by atoms with Crippen molar-refractivity contribution in [2.75, 3.05) is 16.8 Å². The summed E-state index contributed by atoms with van der Waals surface area (Å²) in [5.41, 5.74) is 1.78. The number of aromatic nitrogens is 1. The van der Waals surface area contributed by atoms with E-state index in [4.69, 9.17) is 4.42 Å². The summed E-state index contributed by atoms with van der Waals surface area (Å²) in [4.78, 5) is 29.3. The topological polar surface area (TPSA) is 75.4 Å². The third kappa shape index (κ3) is 1.87. The minimum atomic E-state index is -0.364. The second kappa shape index (κ2) is 4.24. The van der Waals surface area contributed by atoms with Gasteiger partial charge in [0.25, 0.3) is 5.91 Å². The van der Waals surface area contributed by atoms with Crippen LogP contribution in [-0.2, 0) is 4.79 Å². The van der Waals surface area contributed by atoms with E-state index in [0.29, 0.717) is 17.1 Å². The van der Waals surface area contributed by atoms with Crippen LogP contribution in [0, 0.1) is 6.92 Å². The summed E-state index contributed by atoms with van der Waals surface area (Å²) in [6, 6.07) is 7.13. The molecular weight excluding hydrogens is 246 g/mol. The molecule has 0 unspecified atom stereocenters. The predicted molar refractivity (Wildman–Crippen MR) is 68.0 cm³/mol. The Morgan fingerprint density at radius 2 is 2.21 bits per heavy atom. The molecule has 0 saturated heterocycles. The second-order valence-corrected chi connectivity index (χ2v) is 4.22. The van der Waals surface area contributed by atoms with Crippen LogP contribution in [0.15, 0.2) is 35.1 Å².